The molecule has 0 spiro atoms. The standard InChI is InChI=1S/C19H26N4O3/c1-23(2)18-16(7-5-9-20-18)13-21-19(24)22-17-8-4-6-15(12-17)14-26-11-10-25-3/h4-9,12H,10-11,13-14H2,1-3H3,(H2,21,22,24). The highest BCUT2D eigenvalue weighted by atomic mass is 16.5. The summed E-state index contributed by atoms with van der Waals surface area (Å²) in [5, 5.41) is 5.70. The molecule has 2 N–H and O–H groups in total. The van der Waals surface area contributed by atoms with Crippen molar-refractivity contribution >= 4 is 17.5 Å². The van der Waals surface area contributed by atoms with Crippen molar-refractivity contribution in [1.82, 2.24) is 10.3 Å². The smallest absolute Gasteiger partial charge is 0.319 e. The third-order valence-corrected chi connectivity index (χ3v) is 3.62. The Kier molecular flexibility index (Phi) is 7.85. The Hall–Kier alpha value is -2.64. The van der Waals surface area contributed by atoms with Crippen molar-refractivity contribution in [3.05, 3.63) is 53.7 Å². The molecule has 0 atom stereocenters. The van der Waals surface area contributed by atoms with Gasteiger partial charge in [0.15, 0.2) is 0 Å². The van der Waals surface area contributed by atoms with E-state index in [1.807, 2.05) is 55.4 Å². The summed E-state index contributed by atoms with van der Waals surface area (Å²) in [6.07, 6.45) is 1.74. The fourth-order valence-electron chi connectivity index (χ4n) is 2.39. The van der Waals surface area contributed by atoms with E-state index in [4.69, 9.17) is 9.47 Å². The van der Waals surface area contributed by atoms with Crippen molar-refractivity contribution in [2.24, 2.45) is 0 Å². The first kappa shape index (κ1) is 19.7. The van der Waals surface area contributed by atoms with Gasteiger partial charge < -0.3 is 25.0 Å². The molecule has 7 heteroatoms. The second kappa shape index (κ2) is 10.4. The van der Waals surface area contributed by atoms with Crippen LogP contribution in [0.4, 0.5) is 16.3 Å². The molecule has 0 aliphatic heterocycles. The van der Waals surface area contributed by atoms with Crippen LogP contribution in [0.15, 0.2) is 42.6 Å². The first-order valence-electron chi connectivity index (χ1n) is 8.42. The Bertz CT molecular complexity index is 707. The molecule has 0 saturated carbocycles. The zero-order chi connectivity index (χ0) is 18.8. The Morgan fingerprint density at radius 3 is 2.81 bits per heavy atom. The SMILES string of the molecule is COCCOCc1cccc(NC(=O)NCc2cccnc2N(C)C)c1. The summed E-state index contributed by atoms with van der Waals surface area (Å²) >= 11 is 0. The van der Waals surface area contributed by atoms with Crippen molar-refractivity contribution in [2.45, 2.75) is 13.2 Å². The number of nitrogens with one attached hydrogen (secondary N) is 2. The molecule has 7 nitrogen and oxygen atoms in total. The maximum atomic E-state index is 12.2. The van der Waals surface area contributed by atoms with E-state index in [1.54, 1.807) is 13.3 Å². The van der Waals surface area contributed by atoms with Crippen molar-refractivity contribution in [1.29, 1.82) is 0 Å². The third-order valence-electron chi connectivity index (χ3n) is 3.62. The number of rotatable bonds is 9. The normalized spacial score (nSPS) is 10.4. The van der Waals surface area contributed by atoms with Crippen LogP contribution in [-0.4, -0.2) is 45.4 Å². The average molecular weight is 358 g/mol. The zero-order valence-corrected chi connectivity index (χ0v) is 15.5. The van der Waals surface area contributed by atoms with Gasteiger partial charge in [-0.3, -0.25) is 0 Å². The highest BCUT2D eigenvalue weighted by molar-refractivity contribution is 5.89. The highest BCUT2D eigenvalue weighted by Gasteiger charge is 2.08. The summed E-state index contributed by atoms with van der Waals surface area (Å²) in [7, 11) is 5.48. The van der Waals surface area contributed by atoms with Crippen LogP contribution in [0, 0.1) is 0 Å². The first-order valence-corrected chi connectivity index (χ1v) is 8.42. The fraction of sp³-hybridized carbons (Fsp3) is 0.368. The van der Waals surface area contributed by atoms with E-state index in [-0.39, 0.29) is 6.03 Å². The number of aromatic nitrogens is 1. The van der Waals surface area contributed by atoms with Gasteiger partial charge in [0.1, 0.15) is 5.82 Å². The van der Waals surface area contributed by atoms with Gasteiger partial charge in [0.05, 0.1) is 19.8 Å². The summed E-state index contributed by atoms with van der Waals surface area (Å²) < 4.78 is 10.4. The molecule has 0 aliphatic carbocycles. The molecule has 1 heterocycles. The summed E-state index contributed by atoms with van der Waals surface area (Å²) in [4.78, 5) is 18.4. The fourth-order valence-corrected chi connectivity index (χ4v) is 2.39. The van der Waals surface area contributed by atoms with E-state index in [0.717, 1.165) is 22.6 Å². The van der Waals surface area contributed by atoms with Gasteiger partial charge in [-0.15, -0.1) is 0 Å². The summed E-state index contributed by atoms with van der Waals surface area (Å²) in [5.41, 5.74) is 2.66. The van der Waals surface area contributed by atoms with Crippen LogP contribution >= 0.6 is 0 Å². The molecule has 0 fully saturated rings. The maximum absolute atomic E-state index is 12.2. The lowest BCUT2D eigenvalue weighted by atomic mass is 10.2. The minimum absolute atomic E-state index is 0.268. The summed E-state index contributed by atoms with van der Waals surface area (Å²) in [5.74, 6) is 0.836. The minimum Gasteiger partial charge on any atom is -0.382 e. The highest BCUT2D eigenvalue weighted by Crippen LogP contribution is 2.14. The van der Waals surface area contributed by atoms with E-state index in [1.165, 1.54) is 0 Å². The van der Waals surface area contributed by atoms with Crippen molar-refractivity contribution < 1.29 is 14.3 Å². The van der Waals surface area contributed by atoms with E-state index in [9.17, 15) is 4.79 Å². The van der Waals surface area contributed by atoms with Crippen LogP contribution in [0.25, 0.3) is 0 Å². The number of benzene rings is 1. The molecule has 0 bridgehead atoms. The van der Waals surface area contributed by atoms with Gasteiger partial charge in [0.25, 0.3) is 0 Å². The molecule has 0 aliphatic rings. The van der Waals surface area contributed by atoms with Gasteiger partial charge in [-0.25, -0.2) is 9.78 Å². The maximum Gasteiger partial charge on any atom is 0.319 e. The van der Waals surface area contributed by atoms with Gasteiger partial charge in [0, 0.05) is 45.2 Å². The van der Waals surface area contributed by atoms with Gasteiger partial charge >= 0.3 is 6.03 Å². The van der Waals surface area contributed by atoms with Gasteiger partial charge in [0.2, 0.25) is 0 Å². The molecular formula is C19H26N4O3. The predicted octanol–water partition coefficient (Wildman–Crippen LogP) is 2.63. The third kappa shape index (κ3) is 6.34. The largest absolute Gasteiger partial charge is 0.382 e. The van der Waals surface area contributed by atoms with E-state index >= 15 is 0 Å². The molecule has 140 valence electrons. The molecular weight excluding hydrogens is 332 g/mol. The topological polar surface area (TPSA) is 75.7 Å². The number of hydrogen-bond acceptors (Lipinski definition) is 5. The van der Waals surface area contributed by atoms with Gasteiger partial charge in [-0.05, 0) is 23.8 Å². The summed E-state index contributed by atoms with van der Waals surface area (Å²) in [6, 6.07) is 11.1. The monoisotopic (exact) mass is 358 g/mol. The van der Waals surface area contributed by atoms with Crippen molar-refractivity contribution in [3.8, 4) is 0 Å². The molecule has 1 aromatic carbocycles. The van der Waals surface area contributed by atoms with Gasteiger partial charge in [-0.1, -0.05) is 18.2 Å². The Balaban J connectivity index is 1.86. The Morgan fingerprint density at radius 2 is 2.04 bits per heavy atom. The molecule has 0 saturated heterocycles. The van der Waals surface area contributed by atoms with Crippen LogP contribution in [0.5, 0.6) is 0 Å². The lowest BCUT2D eigenvalue weighted by Gasteiger charge is -2.16. The molecule has 26 heavy (non-hydrogen) atoms. The number of hydrogen-bond donors (Lipinski definition) is 2. The van der Waals surface area contributed by atoms with E-state index in [0.29, 0.717) is 26.4 Å². The minimum atomic E-state index is -0.268. The number of carbonyl (C=O) groups is 1. The number of amides is 2. The molecule has 2 amide bonds. The quantitative estimate of drug-likeness (QED) is 0.674. The number of carbonyl (C=O) groups excluding carboxylic acids is 1. The summed E-state index contributed by atoms with van der Waals surface area (Å²) in [6.45, 7) is 1.97. The first-order chi connectivity index (χ1) is 12.6. The van der Waals surface area contributed by atoms with Crippen LogP contribution in [0.2, 0.25) is 0 Å². The number of urea groups is 1. The van der Waals surface area contributed by atoms with E-state index < -0.39 is 0 Å². The van der Waals surface area contributed by atoms with Crippen LogP contribution in [0.1, 0.15) is 11.1 Å². The number of methoxy groups -OCH3 is 1. The van der Waals surface area contributed by atoms with Crippen molar-refractivity contribution in [3.63, 3.8) is 0 Å². The molecule has 2 rings (SSSR count). The van der Waals surface area contributed by atoms with E-state index in [2.05, 4.69) is 15.6 Å². The number of ether oxygens (including phenoxy) is 2. The second-order valence-electron chi connectivity index (χ2n) is 5.93. The van der Waals surface area contributed by atoms with Crippen molar-refractivity contribution in [2.75, 3.05) is 44.6 Å². The molecule has 0 radical (unpaired) electrons. The number of pyridine rings is 1. The lowest BCUT2D eigenvalue weighted by molar-refractivity contribution is 0.0617. The Labute approximate surface area is 154 Å². The predicted molar refractivity (Wildman–Crippen MR) is 102 cm³/mol. The lowest BCUT2D eigenvalue weighted by Crippen LogP contribution is -2.29. The molecule has 0 unspecified atom stereocenters. The number of anilines is 2. The molecule has 2 aromatic rings. The van der Waals surface area contributed by atoms with Crippen LogP contribution in [0.3, 0.4) is 0 Å². The second-order valence-corrected chi connectivity index (χ2v) is 5.93. The van der Waals surface area contributed by atoms with Crippen LogP contribution in [-0.2, 0) is 22.6 Å². The number of nitrogens with zero attached hydrogens (tertiary/aromatic N) is 2. The molecule has 1 aromatic heterocycles. The zero-order valence-electron chi connectivity index (χ0n) is 15.5. The average Bonchev–Trinajstić information content (AvgIpc) is 2.64. The van der Waals surface area contributed by atoms with Crippen LogP contribution < -0.4 is 15.5 Å². The van der Waals surface area contributed by atoms with Gasteiger partial charge in [-0.2, -0.15) is 0 Å². The Morgan fingerprint density at radius 1 is 1.19 bits per heavy atom.